The number of aryl methyl sites for hydroxylation is 2. The first-order valence-corrected chi connectivity index (χ1v) is 4.95. The second-order valence-corrected chi connectivity index (χ2v) is 3.61. The van der Waals surface area contributed by atoms with Crippen LogP contribution in [0.5, 0.6) is 0 Å². The third-order valence-electron chi connectivity index (χ3n) is 2.46. The van der Waals surface area contributed by atoms with Gasteiger partial charge in [0.05, 0.1) is 11.4 Å². The number of hydrogen-bond donors (Lipinski definition) is 1. The summed E-state index contributed by atoms with van der Waals surface area (Å²) in [6, 6.07) is 6.40. The molecule has 1 aromatic heterocycles. The Morgan fingerprint density at radius 2 is 1.69 bits per heavy atom. The number of aromatic nitrogens is 2. The number of nitrogens with zero attached hydrogens (tertiary/aromatic N) is 2. The van der Waals surface area contributed by atoms with E-state index in [1.807, 2.05) is 13.8 Å². The van der Waals surface area contributed by atoms with Crippen LogP contribution in [0, 0.1) is 19.7 Å². The van der Waals surface area contributed by atoms with Crippen LogP contribution in [0.1, 0.15) is 11.4 Å². The lowest BCUT2D eigenvalue weighted by Gasteiger charge is -2.08. The van der Waals surface area contributed by atoms with Crippen molar-refractivity contribution in [2.24, 2.45) is 0 Å². The molecular formula is C12H12FN3. The van der Waals surface area contributed by atoms with Crippen molar-refractivity contribution in [2.45, 2.75) is 13.8 Å². The summed E-state index contributed by atoms with van der Waals surface area (Å²) in [5, 5.41) is 0. The first-order chi connectivity index (χ1) is 7.59. The monoisotopic (exact) mass is 217 g/mol. The number of nitrogen functional groups attached to an aromatic ring is 1. The van der Waals surface area contributed by atoms with Gasteiger partial charge in [0.15, 0.2) is 0 Å². The number of hydrogen-bond acceptors (Lipinski definition) is 3. The van der Waals surface area contributed by atoms with Gasteiger partial charge >= 0.3 is 0 Å². The van der Waals surface area contributed by atoms with Crippen molar-refractivity contribution in [3.05, 3.63) is 41.5 Å². The average molecular weight is 217 g/mol. The summed E-state index contributed by atoms with van der Waals surface area (Å²) < 4.78 is 13.6. The normalized spacial score (nSPS) is 10.4. The van der Waals surface area contributed by atoms with Crippen molar-refractivity contribution in [3.63, 3.8) is 0 Å². The van der Waals surface area contributed by atoms with Crippen molar-refractivity contribution in [2.75, 3.05) is 5.73 Å². The summed E-state index contributed by atoms with van der Waals surface area (Å²) in [6.07, 6.45) is 0. The van der Waals surface area contributed by atoms with Crippen molar-refractivity contribution in [1.29, 1.82) is 0 Å². The maximum atomic E-state index is 13.6. The van der Waals surface area contributed by atoms with Gasteiger partial charge in [0.1, 0.15) is 17.3 Å². The smallest absolute Gasteiger partial charge is 0.150 e. The number of anilines is 1. The zero-order chi connectivity index (χ0) is 11.7. The first kappa shape index (κ1) is 10.5. The lowest BCUT2D eigenvalue weighted by Crippen LogP contribution is -2.03. The van der Waals surface area contributed by atoms with Gasteiger partial charge in [-0.1, -0.05) is 12.1 Å². The SMILES string of the molecule is Cc1nc(N)c(-c2ccccc2F)nc1C. The zero-order valence-corrected chi connectivity index (χ0v) is 9.16. The fraction of sp³-hybridized carbons (Fsp3) is 0.167. The van der Waals surface area contributed by atoms with Crippen LogP contribution in [-0.4, -0.2) is 9.97 Å². The Kier molecular flexibility index (Phi) is 2.56. The lowest BCUT2D eigenvalue weighted by atomic mass is 10.1. The van der Waals surface area contributed by atoms with E-state index in [1.54, 1.807) is 18.2 Å². The number of halogens is 1. The van der Waals surface area contributed by atoms with E-state index in [9.17, 15) is 4.39 Å². The maximum Gasteiger partial charge on any atom is 0.150 e. The molecule has 0 unspecified atom stereocenters. The van der Waals surface area contributed by atoms with E-state index >= 15 is 0 Å². The Morgan fingerprint density at radius 3 is 2.38 bits per heavy atom. The molecule has 0 spiro atoms. The lowest BCUT2D eigenvalue weighted by molar-refractivity contribution is 0.630. The van der Waals surface area contributed by atoms with Gasteiger partial charge in [-0.2, -0.15) is 0 Å². The highest BCUT2D eigenvalue weighted by molar-refractivity contribution is 5.70. The van der Waals surface area contributed by atoms with Crippen LogP contribution >= 0.6 is 0 Å². The fourth-order valence-electron chi connectivity index (χ4n) is 1.47. The molecule has 4 heteroatoms. The highest BCUT2D eigenvalue weighted by Crippen LogP contribution is 2.25. The van der Waals surface area contributed by atoms with Crippen molar-refractivity contribution in [1.82, 2.24) is 9.97 Å². The van der Waals surface area contributed by atoms with E-state index in [4.69, 9.17) is 5.73 Å². The van der Waals surface area contributed by atoms with Gasteiger partial charge in [-0.05, 0) is 26.0 Å². The molecule has 16 heavy (non-hydrogen) atoms. The molecule has 2 aromatic rings. The molecule has 0 aliphatic carbocycles. The predicted octanol–water partition coefficient (Wildman–Crippen LogP) is 2.48. The highest BCUT2D eigenvalue weighted by Gasteiger charge is 2.11. The Balaban J connectivity index is 2.65. The minimum absolute atomic E-state index is 0.258. The largest absolute Gasteiger partial charge is 0.382 e. The molecule has 0 radical (unpaired) electrons. The molecular weight excluding hydrogens is 205 g/mol. The Bertz CT molecular complexity index is 538. The number of rotatable bonds is 1. The molecule has 0 bridgehead atoms. The molecule has 0 saturated carbocycles. The molecule has 2 rings (SSSR count). The molecule has 0 saturated heterocycles. The van der Waals surface area contributed by atoms with Crippen molar-refractivity contribution >= 4 is 5.82 Å². The number of nitrogens with two attached hydrogens (primary N) is 1. The quantitative estimate of drug-likeness (QED) is 0.798. The molecule has 0 amide bonds. The van der Waals surface area contributed by atoms with E-state index in [-0.39, 0.29) is 11.6 Å². The van der Waals surface area contributed by atoms with Gasteiger partial charge in [-0.15, -0.1) is 0 Å². The second-order valence-electron chi connectivity index (χ2n) is 3.61. The summed E-state index contributed by atoms with van der Waals surface area (Å²) in [4.78, 5) is 8.42. The molecule has 2 N–H and O–H groups in total. The Hall–Kier alpha value is -1.97. The Morgan fingerprint density at radius 1 is 1.06 bits per heavy atom. The minimum Gasteiger partial charge on any atom is -0.382 e. The molecule has 1 aromatic carbocycles. The predicted molar refractivity (Wildman–Crippen MR) is 61.3 cm³/mol. The van der Waals surface area contributed by atoms with E-state index in [0.29, 0.717) is 11.3 Å². The van der Waals surface area contributed by atoms with Crippen LogP contribution in [0.15, 0.2) is 24.3 Å². The van der Waals surface area contributed by atoms with E-state index < -0.39 is 0 Å². The third-order valence-corrected chi connectivity index (χ3v) is 2.46. The van der Waals surface area contributed by atoms with Gasteiger partial charge in [-0.3, -0.25) is 0 Å². The van der Waals surface area contributed by atoms with Gasteiger partial charge < -0.3 is 5.73 Å². The summed E-state index contributed by atoms with van der Waals surface area (Å²) in [5.41, 5.74) is 8.06. The van der Waals surface area contributed by atoms with E-state index in [0.717, 1.165) is 11.4 Å². The first-order valence-electron chi connectivity index (χ1n) is 4.95. The van der Waals surface area contributed by atoms with E-state index in [2.05, 4.69) is 9.97 Å². The minimum atomic E-state index is -0.341. The van der Waals surface area contributed by atoms with Gasteiger partial charge in [0.25, 0.3) is 0 Å². The van der Waals surface area contributed by atoms with Gasteiger partial charge in [-0.25, -0.2) is 14.4 Å². The topological polar surface area (TPSA) is 51.8 Å². The van der Waals surface area contributed by atoms with E-state index in [1.165, 1.54) is 6.07 Å². The fourth-order valence-corrected chi connectivity index (χ4v) is 1.47. The third kappa shape index (κ3) is 1.74. The standard InChI is InChI=1S/C12H12FN3/c1-7-8(2)16-12(14)11(15-7)9-5-3-4-6-10(9)13/h3-6H,1-2H3,(H2,14,16). The van der Waals surface area contributed by atoms with Crippen LogP contribution in [0.3, 0.4) is 0 Å². The zero-order valence-electron chi connectivity index (χ0n) is 9.16. The van der Waals surface area contributed by atoms with Crippen LogP contribution in [0.2, 0.25) is 0 Å². The summed E-state index contributed by atoms with van der Waals surface area (Å²) >= 11 is 0. The van der Waals surface area contributed by atoms with Crippen molar-refractivity contribution < 1.29 is 4.39 Å². The Labute approximate surface area is 93.2 Å². The average Bonchev–Trinajstić information content (AvgIpc) is 2.25. The highest BCUT2D eigenvalue weighted by atomic mass is 19.1. The van der Waals surface area contributed by atoms with Crippen LogP contribution in [0.4, 0.5) is 10.2 Å². The molecule has 0 aliphatic heterocycles. The summed E-state index contributed by atoms with van der Waals surface area (Å²) in [5.74, 6) is -0.0834. The van der Waals surface area contributed by atoms with Crippen LogP contribution < -0.4 is 5.73 Å². The van der Waals surface area contributed by atoms with Crippen molar-refractivity contribution in [3.8, 4) is 11.3 Å². The summed E-state index contributed by atoms with van der Waals surface area (Å²) in [6.45, 7) is 3.65. The molecule has 82 valence electrons. The van der Waals surface area contributed by atoms with Crippen LogP contribution in [0.25, 0.3) is 11.3 Å². The summed E-state index contributed by atoms with van der Waals surface area (Å²) in [7, 11) is 0. The second kappa shape index (κ2) is 3.89. The molecule has 0 atom stereocenters. The molecule has 0 aliphatic rings. The maximum absolute atomic E-state index is 13.6. The van der Waals surface area contributed by atoms with Gasteiger partial charge in [0.2, 0.25) is 0 Å². The van der Waals surface area contributed by atoms with Gasteiger partial charge in [0, 0.05) is 5.56 Å². The van der Waals surface area contributed by atoms with Crippen LogP contribution in [-0.2, 0) is 0 Å². The molecule has 3 nitrogen and oxygen atoms in total. The molecule has 0 fully saturated rings. The number of benzene rings is 1. The molecule has 1 heterocycles.